The summed E-state index contributed by atoms with van der Waals surface area (Å²) in [7, 11) is 2.09. The number of rotatable bonds is 3. The maximum Gasteiger partial charge on any atom is 0.0495 e. The van der Waals surface area contributed by atoms with Crippen LogP contribution in [0.4, 0.5) is 5.69 Å². The molecule has 90 valence electrons. The van der Waals surface area contributed by atoms with Crippen molar-refractivity contribution in [1.29, 1.82) is 0 Å². The maximum atomic E-state index is 5.96. The summed E-state index contributed by atoms with van der Waals surface area (Å²) in [5, 5.41) is 0.739. The van der Waals surface area contributed by atoms with Gasteiger partial charge < -0.3 is 4.90 Å². The second-order valence-electron chi connectivity index (χ2n) is 5.32. The topological polar surface area (TPSA) is 3.24 Å². The first-order valence-electron chi connectivity index (χ1n) is 5.39. The largest absolute Gasteiger partial charge is 0.374 e. The van der Waals surface area contributed by atoms with E-state index in [1.807, 2.05) is 18.2 Å². The fraction of sp³-hybridized carbons (Fsp3) is 0.538. The van der Waals surface area contributed by atoms with E-state index in [9.17, 15) is 0 Å². The summed E-state index contributed by atoms with van der Waals surface area (Å²) in [5.74, 6) is 0.490. The van der Waals surface area contributed by atoms with Crippen LogP contribution in [0.3, 0.4) is 0 Å². The molecule has 0 unspecified atom stereocenters. The molecule has 0 amide bonds. The molecule has 16 heavy (non-hydrogen) atoms. The van der Waals surface area contributed by atoms with Crippen molar-refractivity contribution >= 4 is 28.9 Å². The van der Waals surface area contributed by atoms with Crippen LogP contribution in [0.25, 0.3) is 0 Å². The zero-order valence-electron chi connectivity index (χ0n) is 10.3. The Hall–Kier alpha value is -0.400. The minimum absolute atomic E-state index is 0.262. The Bertz CT molecular complexity index is 355. The number of nitrogens with zero attached hydrogens (tertiary/aromatic N) is 1. The maximum absolute atomic E-state index is 5.96. The lowest BCUT2D eigenvalue weighted by molar-refractivity contribution is 0.419. The fourth-order valence-corrected chi connectivity index (χ4v) is 2.24. The monoisotopic (exact) mass is 259 g/mol. The lowest BCUT2D eigenvalue weighted by Crippen LogP contribution is -2.29. The fourth-order valence-electron chi connectivity index (χ4n) is 1.83. The van der Waals surface area contributed by atoms with E-state index in [1.54, 1.807) is 0 Å². The van der Waals surface area contributed by atoms with Gasteiger partial charge in [0.2, 0.25) is 0 Å². The van der Waals surface area contributed by atoms with Crippen molar-refractivity contribution in [3.8, 4) is 0 Å². The highest BCUT2D eigenvalue weighted by atomic mass is 35.5. The molecule has 0 bridgehead atoms. The van der Waals surface area contributed by atoms with Gasteiger partial charge in [-0.15, -0.1) is 11.6 Å². The molecule has 0 fully saturated rings. The van der Waals surface area contributed by atoms with Crippen LogP contribution in [0.5, 0.6) is 0 Å². The lowest BCUT2D eigenvalue weighted by Gasteiger charge is -2.29. The molecule has 0 atom stereocenters. The smallest absolute Gasteiger partial charge is 0.0495 e. The summed E-state index contributed by atoms with van der Waals surface area (Å²) in [6.45, 7) is 7.65. The quantitative estimate of drug-likeness (QED) is 0.720. The number of anilines is 1. The molecule has 3 heteroatoms. The van der Waals surface area contributed by atoms with E-state index in [4.69, 9.17) is 23.2 Å². The average molecular weight is 260 g/mol. The standard InChI is InChI=1S/C13H19Cl2N/c1-13(2,3)9-16(4)12-6-5-11(15)7-10(12)8-14/h5-7H,8-9H2,1-4H3. The average Bonchev–Trinajstić information content (AvgIpc) is 2.14. The molecule has 0 aliphatic carbocycles. The zero-order chi connectivity index (χ0) is 12.3. The Labute approximate surface area is 108 Å². The summed E-state index contributed by atoms with van der Waals surface area (Å²) in [5.41, 5.74) is 2.51. The van der Waals surface area contributed by atoms with Crippen molar-refractivity contribution in [3.63, 3.8) is 0 Å². The Kier molecular flexibility index (Phi) is 4.52. The van der Waals surface area contributed by atoms with Gasteiger partial charge in [-0.2, -0.15) is 0 Å². The van der Waals surface area contributed by atoms with Gasteiger partial charge in [0.1, 0.15) is 0 Å². The third kappa shape index (κ3) is 3.88. The minimum atomic E-state index is 0.262. The molecular formula is C13H19Cl2N. The van der Waals surface area contributed by atoms with Gasteiger partial charge in [0.15, 0.2) is 0 Å². The van der Waals surface area contributed by atoms with E-state index >= 15 is 0 Å². The van der Waals surface area contributed by atoms with Crippen molar-refractivity contribution in [2.45, 2.75) is 26.7 Å². The van der Waals surface area contributed by atoms with Crippen LogP contribution >= 0.6 is 23.2 Å². The van der Waals surface area contributed by atoms with E-state index in [1.165, 1.54) is 0 Å². The molecule has 0 aromatic heterocycles. The Morgan fingerprint density at radius 3 is 2.38 bits per heavy atom. The van der Waals surface area contributed by atoms with Crippen molar-refractivity contribution in [1.82, 2.24) is 0 Å². The van der Waals surface area contributed by atoms with E-state index in [-0.39, 0.29) is 5.41 Å². The first-order chi connectivity index (χ1) is 7.33. The number of alkyl halides is 1. The highest BCUT2D eigenvalue weighted by molar-refractivity contribution is 6.30. The van der Waals surface area contributed by atoms with Gasteiger partial charge in [-0.05, 0) is 29.2 Å². The molecule has 0 heterocycles. The van der Waals surface area contributed by atoms with E-state index in [0.717, 1.165) is 22.8 Å². The minimum Gasteiger partial charge on any atom is -0.374 e. The molecule has 1 nitrogen and oxygen atoms in total. The first kappa shape index (κ1) is 13.7. The first-order valence-corrected chi connectivity index (χ1v) is 6.30. The Balaban J connectivity index is 2.94. The van der Waals surface area contributed by atoms with Crippen LogP contribution in [-0.4, -0.2) is 13.6 Å². The van der Waals surface area contributed by atoms with Crippen LogP contribution in [0.1, 0.15) is 26.3 Å². The van der Waals surface area contributed by atoms with Gasteiger partial charge in [-0.3, -0.25) is 0 Å². The normalized spacial score (nSPS) is 11.6. The lowest BCUT2D eigenvalue weighted by atomic mass is 9.96. The Morgan fingerprint density at radius 1 is 1.25 bits per heavy atom. The molecule has 1 aromatic carbocycles. The number of halogens is 2. The van der Waals surface area contributed by atoms with Gasteiger partial charge >= 0.3 is 0 Å². The molecule has 0 aliphatic heterocycles. The third-order valence-electron chi connectivity index (χ3n) is 2.31. The van der Waals surface area contributed by atoms with E-state index < -0.39 is 0 Å². The van der Waals surface area contributed by atoms with Crippen LogP contribution in [-0.2, 0) is 5.88 Å². The third-order valence-corrected chi connectivity index (χ3v) is 2.83. The zero-order valence-corrected chi connectivity index (χ0v) is 11.9. The molecule has 0 radical (unpaired) electrons. The molecule has 0 saturated heterocycles. The molecule has 0 saturated carbocycles. The van der Waals surface area contributed by atoms with Crippen LogP contribution in [0.2, 0.25) is 5.02 Å². The van der Waals surface area contributed by atoms with E-state index in [2.05, 4.69) is 32.7 Å². The molecule has 0 spiro atoms. The van der Waals surface area contributed by atoms with Gasteiger partial charge in [0, 0.05) is 30.2 Å². The van der Waals surface area contributed by atoms with Gasteiger partial charge in [-0.25, -0.2) is 0 Å². The van der Waals surface area contributed by atoms with Gasteiger partial charge in [-0.1, -0.05) is 32.4 Å². The van der Waals surface area contributed by atoms with Crippen molar-refractivity contribution in [2.24, 2.45) is 5.41 Å². The summed E-state index contributed by atoms with van der Waals surface area (Å²) >= 11 is 11.9. The van der Waals surface area contributed by atoms with Crippen molar-refractivity contribution in [2.75, 3.05) is 18.5 Å². The van der Waals surface area contributed by atoms with Crippen LogP contribution < -0.4 is 4.90 Å². The van der Waals surface area contributed by atoms with Crippen LogP contribution in [0, 0.1) is 5.41 Å². The molecule has 1 rings (SSSR count). The Morgan fingerprint density at radius 2 is 1.88 bits per heavy atom. The van der Waals surface area contributed by atoms with Gasteiger partial charge in [0.25, 0.3) is 0 Å². The predicted octanol–water partition coefficient (Wildman–Crippen LogP) is 4.56. The summed E-state index contributed by atoms with van der Waals surface area (Å²) < 4.78 is 0. The van der Waals surface area contributed by atoms with Gasteiger partial charge in [0.05, 0.1) is 0 Å². The highest BCUT2D eigenvalue weighted by Gasteiger charge is 2.15. The summed E-state index contributed by atoms with van der Waals surface area (Å²) in [6.07, 6.45) is 0. The van der Waals surface area contributed by atoms with Crippen molar-refractivity contribution in [3.05, 3.63) is 28.8 Å². The second-order valence-corrected chi connectivity index (χ2v) is 6.03. The molecular weight excluding hydrogens is 241 g/mol. The van der Waals surface area contributed by atoms with Crippen molar-refractivity contribution < 1.29 is 0 Å². The summed E-state index contributed by atoms with van der Waals surface area (Å²) in [4.78, 5) is 2.23. The SMILES string of the molecule is CN(CC(C)(C)C)c1ccc(Cl)cc1CCl. The van der Waals surface area contributed by atoms with E-state index in [0.29, 0.717) is 5.88 Å². The summed E-state index contributed by atoms with van der Waals surface area (Å²) in [6, 6.07) is 5.88. The predicted molar refractivity (Wildman–Crippen MR) is 73.7 cm³/mol. The number of hydrogen-bond donors (Lipinski definition) is 0. The number of benzene rings is 1. The number of hydrogen-bond acceptors (Lipinski definition) is 1. The molecule has 0 aliphatic rings. The second kappa shape index (κ2) is 5.29. The molecule has 1 aromatic rings. The highest BCUT2D eigenvalue weighted by Crippen LogP contribution is 2.27. The van der Waals surface area contributed by atoms with Crippen LogP contribution in [0.15, 0.2) is 18.2 Å². The molecule has 0 N–H and O–H groups in total.